The number of aromatic nitrogens is 2. The molecule has 0 radical (unpaired) electrons. The lowest BCUT2D eigenvalue weighted by atomic mass is 10.1. The lowest BCUT2D eigenvalue weighted by Gasteiger charge is -2.03. The van der Waals surface area contributed by atoms with Gasteiger partial charge in [-0.1, -0.05) is 23.7 Å². The summed E-state index contributed by atoms with van der Waals surface area (Å²) < 4.78 is 2.88. The van der Waals surface area contributed by atoms with E-state index in [2.05, 4.69) is 20.9 Å². The van der Waals surface area contributed by atoms with Crippen LogP contribution in [0.25, 0.3) is 16.9 Å². The Hall–Kier alpha value is -1.52. The number of nitrogens with zero attached hydrogens (tertiary/aromatic N) is 2. The summed E-state index contributed by atoms with van der Waals surface area (Å²) in [4.78, 5) is 4.61. The minimum atomic E-state index is 0.612. The molecule has 0 atom stereocenters. The van der Waals surface area contributed by atoms with Crippen LogP contribution in [-0.4, -0.2) is 9.38 Å². The molecule has 0 fully saturated rings. The molecule has 3 nitrogen and oxygen atoms in total. The first kappa shape index (κ1) is 13.5. The van der Waals surface area contributed by atoms with Gasteiger partial charge in [0.15, 0.2) is 0 Å². The average molecular weight is 351 g/mol. The molecule has 0 unspecified atom stereocenters. The maximum atomic E-state index is 6.21. The number of nitrogen functional groups attached to an aromatic ring is 1. The highest BCUT2D eigenvalue weighted by molar-refractivity contribution is 9.10. The molecule has 0 amide bonds. The zero-order valence-electron chi connectivity index (χ0n) is 11.1. The first-order chi connectivity index (χ1) is 9.47. The molecule has 0 bridgehead atoms. The Kier molecular flexibility index (Phi) is 3.22. The maximum absolute atomic E-state index is 6.21. The summed E-state index contributed by atoms with van der Waals surface area (Å²) >= 11 is 9.69. The van der Waals surface area contributed by atoms with Crippen LogP contribution in [-0.2, 0) is 0 Å². The van der Waals surface area contributed by atoms with Gasteiger partial charge in [-0.25, -0.2) is 4.98 Å². The fraction of sp³-hybridized carbons (Fsp3) is 0.133. The van der Waals surface area contributed by atoms with Gasteiger partial charge < -0.3 is 5.73 Å². The number of nitrogens with two attached hydrogens (primary N) is 1. The molecule has 0 spiro atoms. The van der Waals surface area contributed by atoms with Gasteiger partial charge in [-0.15, -0.1) is 0 Å². The molecule has 0 aliphatic rings. The van der Waals surface area contributed by atoms with Gasteiger partial charge in [0.25, 0.3) is 0 Å². The zero-order valence-corrected chi connectivity index (χ0v) is 13.5. The van der Waals surface area contributed by atoms with Crippen molar-refractivity contribution in [3.63, 3.8) is 0 Å². The smallest absolute Gasteiger partial charge is 0.139 e. The number of hydrogen-bond acceptors (Lipinski definition) is 2. The Morgan fingerprint density at radius 2 is 1.95 bits per heavy atom. The summed E-state index contributed by atoms with van der Waals surface area (Å²) in [6, 6.07) is 7.86. The molecular weight excluding hydrogens is 338 g/mol. The summed E-state index contributed by atoms with van der Waals surface area (Å²) in [5.74, 6) is 0.612. The molecular formula is C15H13BrClN3. The van der Waals surface area contributed by atoms with Gasteiger partial charge in [0.2, 0.25) is 0 Å². The highest BCUT2D eigenvalue weighted by atomic mass is 79.9. The van der Waals surface area contributed by atoms with Crippen LogP contribution in [0.4, 0.5) is 5.82 Å². The van der Waals surface area contributed by atoms with Crippen molar-refractivity contribution in [2.24, 2.45) is 0 Å². The third-order valence-electron chi connectivity index (χ3n) is 3.39. The Labute approximate surface area is 130 Å². The number of anilines is 1. The number of pyridine rings is 1. The molecule has 0 saturated heterocycles. The van der Waals surface area contributed by atoms with Crippen molar-refractivity contribution in [2.45, 2.75) is 13.8 Å². The lowest BCUT2D eigenvalue weighted by Crippen LogP contribution is -1.95. The number of fused-ring (bicyclic) bond motifs is 1. The molecule has 2 N–H and O–H groups in total. The topological polar surface area (TPSA) is 43.3 Å². The molecule has 2 aromatic heterocycles. The van der Waals surface area contributed by atoms with Crippen LogP contribution in [0.3, 0.4) is 0 Å². The van der Waals surface area contributed by atoms with Crippen molar-refractivity contribution in [1.29, 1.82) is 0 Å². The van der Waals surface area contributed by atoms with Crippen molar-refractivity contribution in [2.75, 3.05) is 5.73 Å². The Morgan fingerprint density at radius 1 is 1.20 bits per heavy atom. The molecule has 0 aliphatic carbocycles. The Bertz CT molecular complexity index is 824. The van der Waals surface area contributed by atoms with E-state index in [-0.39, 0.29) is 0 Å². The van der Waals surface area contributed by atoms with Gasteiger partial charge in [0.05, 0.1) is 0 Å². The van der Waals surface area contributed by atoms with Gasteiger partial charge in [-0.05, 0) is 53.0 Å². The predicted octanol–water partition coefficient (Wildman–Crippen LogP) is 4.62. The average Bonchev–Trinajstić information content (AvgIpc) is 2.71. The van der Waals surface area contributed by atoms with E-state index in [0.29, 0.717) is 5.82 Å². The second kappa shape index (κ2) is 4.79. The lowest BCUT2D eigenvalue weighted by molar-refractivity contribution is 1.16. The van der Waals surface area contributed by atoms with E-state index < -0.39 is 0 Å². The minimum absolute atomic E-state index is 0.612. The summed E-state index contributed by atoms with van der Waals surface area (Å²) in [7, 11) is 0. The van der Waals surface area contributed by atoms with E-state index in [1.54, 1.807) is 0 Å². The van der Waals surface area contributed by atoms with Crippen molar-refractivity contribution >= 4 is 39.0 Å². The first-order valence-corrected chi connectivity index (χ1v) is 7.34. The molecule has 5 heteroatoms. The summed E-state index contributed by atoms with van der Waals surface area (Å²) in [6.45, 7) is 4.00. The normalized spacial score (nSPS) is 11.2. The van der Waals surface area contributed by atoms with Crippen LogP contribution < -0.4 is 5.73 Å². The number of halogens is 2. The molecule has 102 valence electrons. The van der Waals surface area contributed by atoms with Gasteiger partial charge in [-0.3, -0.25) is 4.40 Å². The van der Waals surface area contributed by atoms with E-state index in [1.165, 1.54) is 0 Å². The number of hydrogen-bond donors (Lipinski definition) is 1. The van der Waals surface area contributed by atoms with Gasteiger partial charge in [0.1, 0.15) is 17.2 Å². The van der Waals surface area contributed by atoms with Gasteiger partial charge >= 0.3 is 0 Å². The van der Waals surface area contributed by atoms with Crippen LogP contribution >= 0.6 is 27.5 Å². The van der Waals surface area contributed by atoms with Crippen LogP contribution in [0.15, 0.2) is 34.9 Å². The van der Waals surface area contributed by atoms with Crippen molar-refractivity contribution in [3.8, 4) is 11.3 Å². The molecule has 3 rings (SSSR count). The van der Waals surface area contributed by atoms with E-state index >= 15 is 0 Å². The molecule has 0 saturated carbocycles. The Balaban J connectivity index is 2.26. The van der Waals surface area contributed by atoms with Crippen molar-refractivity contribution in [1.82, 2.24) is 9.38 Å². The summed E-state index contributed by atoms with van der Waals surface area (Å²) in [5.41, 5.74) is 10.9. The second-order valence-corrected chi connectivity index (χ2v) is 6.10. The van der Waals surface area contributed by atoms with E-state index in [4.69, 9.17) is 17.3 Å². The van der Waals surface area contributed by atoms with Gasteiger partial charge in [0, 0.05) is 21.3 Å². The van der Waals surface area contributed by atoms with E-state index in [1.807, 2.05) is 48.7 Å². The predicted molar refractivity (Wildman–Crippen MR) is 87.2 cm³/mol. The number of imidazole rings is 1. The van der Waals surface area contributed by atoms with Crippen molar-refractivity contribution in [3.05, 3.63) is 51.1 Å². The van der Waals surface area contributed by atoms with E-state index in [0.717, 1.165) is 37.5 Å². The summed E-state index contributed by atoms with van der Waals surface area (Å²) in [6.07, 6.45) is 1.94. The third kappa shape index (κ3) is 2.09. The molecule has 2 heterocycles. The fourth-order valence-electron chi connectivity index (χ4n) is 2.13. The molecule has 0 aliphatic heterocycles. The quantitative estimate of drug-likeness (QED) is 0.696. The van der Waals surface area contributed by atoms with Gasteiger partial charge in [-0.2, -0.15) is 0 Å². The zero-order chi connectivity index (χ0) is 14.4. The SMILES string of the molecule is Cc1ccc(-c2nc3cc(C)c(Br)cn3c2N)cc1Cl. The third-order valence-corrected chi connectivity index (χ3v) is 4.62. The molecule has 1 aromatic carbocycles. The monoisotopic (exact) mass is 349 g/mol. The van der Waals surface area contributed by atoms with Crippen LogP contribution in [0.2, 0.25) is 5.02 Å². The number of rotatable bonds is 1. The summed E-state index contributed by atoms with van der Waals surface area (Å²) in [5, 5.41) is 0.719. The minimum Gasteiger partial charge on any atom is -0.383 e. The maximum Gasteiger partial charge on any atom is 0.139 e. The van der Waals surface area contributed by atoms with Crippen LogP contribution in [0, 0.1) is 13.8 Å². The fourth-order valence-corrected chi connectivity index (χ4v) is 2.63. The Morgan fingerprint density at radius 3 is 2.65 bits per heavy atom. The molecule has 3 aromatic rings. The van der Waals surface area contributed by atoms with Crippen LogP contribution in [0.5, 0.6) is 0 Å². The number of benzene rings is 1. The standard InChI is InChI=1S/C15H13BrClN3/c1-8-3-4-10(6-12(8)17)14-15(18)20-7-11(16)9(2)5-13(20)19-14/h3-7H,18H2,1-2H3. The highest BCUT2D eigenvalue weighted by Crippen LogP contribution is 2.31. The molecule has 20 heavy (non-hydrogen) atoms. The van der Waals surface area contributed by atoms with E-state index in [9.17, 15) is 0 Å². The van der Waals surface area contributed by atoms with Crippen molar-refractivity contribution < 1.29 is 0 Å². The second-order valence-electron chi connectivity index (χ2n) is 4.84. The highest BCUT2D eigenvalue weighted by Gasteiger charge is 2.13. The number of aryl methyl sites for hydroxylation is 2. The van der Waals surface area contributed by atoms with Crippen LogP contribution in [0.1, 0.15) is 11.1 Å². The first-order valence-electron chi connectivity index (χ1n) is 6.17. The largest absolute Gasteiger partial charge is 0.383 e.